The SMILES string of the molecule is CC(C)CCO[C]=O. The number of hydrogen-bond donors (Lipinski definition) is 0. The molecule has 1 radical (unpaired) electrons. The van der Waals surface area contributed by atoms with Crippen molar-refractivity contribution in [1.82, 2.24) is 0 Å². The summed E-state index contributed by atoms with van der Waals surface area (Å²) in [5.41, 5.74) is 0. The van der Waals surface area contributed by atoms with Gasteiger partial charge < -0.3 is 4.74 Å². The standard InChI is InChI=1S/C6H11O2/c1-6(2)3-4-8-5-7/h6H,3-4H2,1-2H3. The number of rotatable bonds is 4. The first-order valence-corrected chi connectivity index (χ1v) is 2.76. The van der Waals surface area contributed by atoms with Gasteiger partial charge in [-0.2, -0.15) is 0 Å². The minimum atomic E-state index is 0.501. The van der Waals surface area contributed by atoms with E-state index < -0.39 is 0 Å². The van der Waals surface area contributed by atoms with E-state index in [-0.39, 0.29) is 0 Å². The van der Waals surface area contributed by atoms with Crippen LogP contribution in [0.15, 0.2) is 0 Å². The molecule has 0 amide bonds. The molecule has 0 atom stereocenters. The molecule has 8 heavy (non-hydrogen) atoms. The fraction of sp³-hybridized carbons (Fsp3) is 0.833. The predicted octanol–water partition coefficient (Wildman–Crippen LogP) is 1.12. The van der Waals surface area contributed by atoms with Crippen molar-refractivity contribution in [2.24, 2.45) is 5.92 Å². The summed E-state index contributed by atoms with van der Waals surface area (Å²) in [6, 6.07) is 0. The van der Waals surface area contributed by atoms with Crippen LogP contribution in [0.1, 0.15) is 20.3 Å². The third-order valence-corrected chi connectivity index (χ3v) is 0.856. The van der Waals surface area contributed by atoms with Gasteiger partial charge in [-0.15, -0.1) is 0 Å². The first kappa shape index (κ1) is 7.47. The van der Waals surface area contributed by atoms with E-state index in [1.807, 2.05) is 0 Å². The van der Waals surface area contributed by atoms with Gasteiger partial charge in [0.25, 0.3) is 0 Å². The van der Waals surface area contributed by atoms with Gasteiger partial charge in [-0.25, -0.2) is 4.79 Å². The summed E-state index contributed by atoms with van der Waals surface area (Å²) in [4.78, 5) is 9.44. The van der Waals surface area contributed by atoms with E-state index in [0.29, 0.717) is 12.5 Å². The van der Waals surface area contributed by atoms with E-state index in [9.17, 15) is 4.79 Å². The molecule has 0 aromatic carbocycles. The molecule has 47 valence electrons. The normalized spacial score (nSPS) is 9.38. The second kappa shape index (κ2) is 4.62. The minimum absolute atomic E-state index is 0.501. The predicted molar refractivity (Wildman–Crippen MR) is 31.1 cm³/mol. The lowest BCUT2D eigenvalue weighted by atomic mass is 10.1. The maximum absolute atomic E-state index is 9.44. The van der Waals surface area contributed by atoms with Crippen molar-refractivity contribution in [3.05, 3.63) is 0 Å². The van der Waals surface area contributed by atoms with Gasteiger partial charge in [-0.3, -0.25) is 0 Å². The molecule has 0 saturated carbocycles. The molecule has 0 fully saturated rings. The Morgan fingerprint density at radius 1 is 1.62 bits per heavy atom. The van der Waals surface area contributed by atoms with Crippen molar-refractivity contribution in [3.8, 4) is 0 Å². The highest BCUT2D eigenvalue weighted by Gasteiger charge is 1.91. The highest BCUT2D eigenvalue weighted by atomic mass is 16.5. The minimum Gasteiger partial charge on any atom is -0.457 e. The molecular weight excluding hydrogens is 104 g/mol. The summed E-state index contributed by atoms with van der Waals surface area (Å²) in [5.74, 6) is 0.600. The van der Waals surface area contributed by atoms with Crippen molar-refractivity contribution in [3.63, 3.8) is 0 Å². The van der Waals surface area contributed by atoms with Crippen LogP contribution in [0.25, 0.3) is 0 Å². The van der Waals surface area contributed by atoms with E-state index in [0.717, 1.165) is 6.42 Å². The zero-order valence-corrected chi connectivity index (χ0v) is 5.31. The molecule has 0 N–H and O–H groups in total. The zero-order valence-electron chi connectivity index (χ0n) is 5.31. The lowest BCUT2D eigenvalue weighted by Gasteiger charge is -1.99. The van der Waals surface area contributed by atoms with Crippen molar-refractivity contribution >= 4 is 6.47 Å². The molecule has 0 unspecified atom stereocenters. The Labute approximate surface area is 49.8 Å². The average Bonchev–Trinajstić information content (AvgIpc) is 1.66. The summed E-state index contributed by atoms with van der Waals surface area (Å²) in [7, 11) is 0. The molecule has 0 heterocycles. The molecule has 0 spiro atoms. The maximum Gasteiger partial charge on any atom is 0.417 e. The van der Waals surface area contributed by atoms with E-state index in [1.54, 1.807) is 0 Å². The highest BCUT2D eigenvalue weighted by molar-refractivity contribution is 5.37. The Kier molecular flexibility index (Phi) is 4.32. The van der Waals surface area contributed by atoms with Crippen LogP contribution in [0.3, 0.4) is 0 Å². The molecule has 0 aliphatic heterocycles. The Bertz CT molecular complexity index is 59.5. The topological polar surface area (TPSA) is 26.3 Å². The average molecular weight is 115 g/mol. The molecule has 0 aromatic rings. The van der Waals surface area contributed by atoms with Crippen molar-refractivity contribution in [1.29, 1.82) is 0 Å². The molecule has 0 aliphatic rings. The monoisotopic (exact) mass is 115 g/mol. The van der Waals surface area contributed by atoms with Crippen LogP contribution in [0.5, 0.6) is 0 Å². The number of carbonyl (C=O) groups excluding carboxylic acids is 1. The van der Waals surface area contributed by atoms with Crippen LogP contribution in [0.4, 0.5) is 0 Å². The van der Waals surface area contributed by atoms with Gasteiger partial charge in [0, 0.05) is 0 Å². The highest BCUT2D eigenvalue weighted by Crippen LogP contribution is 1.97. The number of ether oxygens (including phenoxy) is 1. The maximum atomic E-state index is 9.44. The molecule has 0 rings (SSSR count). The molecule has 0 saturated heterocycles. The Morgan fingerprint density at radius 2 is 2.25 bits per heavy atom. The van der Waals surface area contributed by atoms with Crippen molar-refractivity contribution < 1.29 is 9.53 Å². The number of hydrogen-bond acceptors (Lipinski definition) is 2. The lowest BCUT2D eigenvalue weighted by Crippen LogP contribution is -1.96. The van der Waals surface area contributed by atoms with Gasteiger partial charge >= 0.3 is 6.47 Å². The third kappa shape index (κ3) is 5.47. The molecule has 0 aliphatic carbocycles. The van der Waals surface area contributed by atoms with E-state index in [1.165, 1.54) is 6.47 Å². The summed E-state index contributed by atoms with van der Waals surface area (Å²) in [6.07, 6.45) is 0.926. The van der Waals surface area contributed by atoms with Crippen LogP contribution in [0, 0.1) is 5.92 Å². The second-order valence-corrected chi connectivity index (χ2v) is 2.11. The van der Waals surface area contributed by atoms with Gasteiger partial charge in [-0.1, -0.05) is 13.8 Å². The first-order chi connectivity index (χ1) is 3.77. The van der Waals surface area contributed by atoms with Crippen LogP contribution in [-0.2, 0) is 9.53 Å². The van der Waals surface area contributed by atoms with Crippen molar-refractivity contribution in [2.75, 3.05) is 6.61 Å². The van der Waals surface area contributed by atoms with Gasteiger partial charge in [-0.05, 0) is 12.3 Å². The quantitative estimate of drug-likeness (QED) is 0.513. The lowest BCUT2D eigenvalue weighted by molar-refractivity contribution is 0.257. The van der Waals surface area contributed by atoms with Crippen LogP contribution in [0.2, 0.25) is 0 Å². The second-order valence-electron chi connectivity index (χ2n) is 2.11. The first-order valence-electron chi connectivity index (χ1n) is 2.76. The van der Waals surface area contributed by atoms with E-state index >= 15 is 0 Å². The Hall–Kier alpha value is -0.530. The smallest absolute Gasteiger partial charge is 0.417 e. The third-order valence-electron chi connectivity index (χ3n) is 0.856. The van der Waals surface area contributed by atoms with Gasteiger partial charge in [0.2, 0.25) is 0 Å². The zero-order chi connectivity index (χ0) is 6.41. The molecule has 2 heteroatoms. The van der Waals surface area contributed by atoms with E-state index in [4.69, 9.17) is 0 Å². The van der Waals surface area contributed by atoms with Crippen LogP contribution in [-0.4, -0.2) is 13.1 Å². The summed E-state index contributed by atoms with van der Waals surface area (Å²) in [5, 5.41) is 0. The van der Waals surface area contributed by atoms with Crippen LogP contribution >= 0.6 is 0 Å². The van der Waals surface area contributed by atoms with Gasteiger partial charge in [0.05, 0.1) is 6.61 Å². The Morgan fingerprint density at radius 3 is 2.62 bits per heavy atom. The summed E-state index contributed by atoms with van der Waals surface area (Å²) >= 11 is 0. The van der Waals surface area contributed by atoms with Crippen LogP contribution < -0.4 is 0 Å². The largest absolute Gasteiger partial charge is 0.457 e. The fourth-order valence-corrected chi connectivity index (χ4v) is 0.336. The fourth-order valence-electron chi connectivity index (χ4n) is 0.336. The molecule has 2 nitrogen and oxygen atoms in total. The van der Waals surface area contributed by atoms with E-state index in [2.05, 4.69) is 18.6 Å². The molecule has 0 bridgehead atoms. The van der Waals surface area contributed by atoms with Gasteiger partial charge in [0.15, 0.2) is 0 Å². The summed E-state index contributed by atoms with van der Waals surface area (Å²) < 4.78 is 4.34. The summed E-state index contributed by atoms with van der Waals surface area (Å²) in [6.45, 7) is 6.03. The van der Waals surface area contributed by atoms with Gasteiger partial charge in [0.1, 0.15) is 0 Å². The molecule has 0 aromatic heterocycles. The van der Waals surface area contributed by atoms with Crippen molar-refractivity contribution in [2.45, 2.75) is 20.3 Å². The Balaban J connectivity index is 2.81. The molecular formula is C6H11O2.